The van der Waals surface area contributed by atoms with Gasteiger partial charge in [0.25, 0.3) is 0 Å². The molecule has 0 rings (SSSR count). The maximum atomic E-state index is 9.70. The Morgan fingerprint density at radius 2 is 1.60 bits per heavy atom. The van der Waals surface area contributed by atoms with E-state index in [0.717, 1.165) is 0 Å². The van der Waals surface area contributed by atoms with Gasteiger partial charge in [0.1, 0.15) is 0 Å². The summed E-state index contributed by atoms with van der Waals surface area (Å²) < 4.78 is 0. The summed E-state index contributed by atoms with van der Waals surface area (Å²) in [5, 5.41) is 17.7. The van der Waals surface area contributed by atoms with Crippen molar-refractivity contribution < 1.29 is 71.2 Å². The molecule has 0 saturated carbocycles. The largest absolute Gasteiger partial charge is 1.00 e. The van der Waals surface area contributed by atoms with Crippen LogP contribution in [0.25, 0.3) is 0 Å². The molecule has 0 fully saturated rings. The Hall–Kier alpha value is 0.376. The molecule has 0 aliphatic heterocycles. The van der Waals surface area contributed by atoms with Crippen LogP contribution in [0.15, 0.2) is 0 Å². The molecule has 0 aliphatic rings. The second-order valence-corrected chi connectivity index (χ2v) is 1.07. The van der Waals surface area contributed by atoms with Gasteiger partial charge in [-0.05, 0) is 0 Å². The van der Waals surface area contributed by atoms with Crippen molar-refractivity contribution in [1.82, 2.24) is 5.32 Å². The number of carbonyl (C=O) groups excluding carboxylic acids is 1. The second kappa shape index (κ2) is 12.1. The molecule has 5 nitrogen and oxygen atoms in total. The fourth-order valence-corrected chi connectivity index (χ4v) is 0. The summed E-state index contributed by atoms with van der Waals surface area (Å²) >= 11 is 0. The van der Waals surface area contributed by atoms with Gasteiger partial charge < -0.3 is 20.3 Å². The van der Waals surface area contributed by atoms with Crippen LogP contribution in [0, 0.1) is 0 Å². The molecule has 0 spiro atoms. The third-order valence-corrected chi connectivity index (χ3v) is 0.352. The minimum atomic E-state index is -2.08. The van der Waals surface area contributed by atoms with Crippen molar-refractivity contribution >= 4 is 12.1 Å². The summed E-state index contributed by atoms with van der Waals surface area (Å²) in [6.07, 6.45) is -2.08. The normalized spacial score (nSPS) is 5.80. The van der Waals surface area contributed by atoms with Gasteiger partial charge >= 0.3 is 51.4 Å². The molecule has 0 aromatic rings. The van der Waals surface area contributed by atoms with Crippen LogP contribution in [0.5, 0.6) is 0 Å². The van der Waals surface area contributed by atoms with Crippen LogP contribution in [0.4, 0.5) is 4.79 Å². The van der Waals surface area contributed by atoms with E-state index < -0.39 is 6.16 Å². The zero-order valence-corrected chi connectivity index (χ0v) is 9.30. The molecule has 0 bridgehead atoms. The Labute approximate surface area is 101 Å². The van der Waals surface area contributed by atoms with Gasteiger partial charge in [-0.2, -0.15) is 0 Å². The molecule has 0 unspecified atom stereocenters. The molecule has 6 heteroatoms. The minimum absolute atomic E-state index is 0. The van der Waals surface area contributed by atoms with E-state index in [1.54, 1.807) is 7.05 Å². The predicted octanol–water partition coefficient (Wildman–Crippen LogP) is -4.36. The first-order valence-electron chi connectivity index (χ1n) is 2.09. The standard InChI is InChI=1S/C3H7NO.CH2O3.K/c1-3(5)4-2;2-1(3)4;/h1-2H3,(H,4,5);(H2,2,3,4);/q;;+1/p-1. The van der Waals surface area contributed by atoms with Gasteiger partial charge in [-0.3, -0.25) is 4.79 Å². The van der Waals surface area contributed by atoms with E-state index in [1.807, 2.05) is 0 Å². The van der Waals surface area contributed by atoms with Gasteiger partial charge in [0.05, 0.1) is 0 Å². The average Bonchev–Trinajstić information content (AvgIpc) is 1.65. The SMILES string of the molecule is CNC(C)=O.O=C([O-])O.[K+]. The Kier molecular flexibility index (Phi) is 20.3. The molecule has 10 heavy (non-hydrogen) atoms. The molecule has 54 valence electrons. The first-order valence-corrected chi connectivity index (χ1v) is 2.09. The van der Waals surface area contributed by atoms with Crippen LogP contribution in [-0.4, -0.2) is 24.2 Å². The van der Waals surface area contributed by atoms with Crippen molar-refractivity contribution in [1.29, 1.82) is 0 Å². The Balaban J connectivity index is -0.0000000910. The summed E-state index contributed by atoms with van der Waals surface area (Å²) in [6, 6.07) is 0. The van der Waals surface area contributed by atoms with Crippen molar-refractivity contribution in [2.24, 2.45) is 0 Å². The number of hydrogen-bond acceptors (Lipinski definition) is 3. The van der Waals surface area contributed by atoms with Crippen LogP contribution in [0.3, 0.4) is 0 Å². The minimum Gasteiger partial charge on any atom is -0.565 e. The molecule has 2 N–H and O–H groups in total. The Bertz CT molecular complexity index is 101. The number of amides is 1. The van der Waals surface area contributed by atoms with Gasteiger partial charge in [-0.1, -0.05) is 0 Å². The molecule has 0 saturated heterocycles. The van der Waals surface area contributed by atoms with Crippen molar-refractivity contribution in [3.8, 4) is 0 Å². The van der Waals surface area contributed by atoms with E-state index in [1.165, 1.54) is 6.92 Å². The number of carboxylic acid groups (broad SMARTS) is 2. The molecule has 0 atom stereocenters. The zero-order chi connectivity index (χ0) is 7.86. The van der Waals surface area contributed by atoms with Gasteiger partial charge in [0, 0.05) is 14.0 Å². The van der Waals surface area contributed by atoms with Crippen molar-refractivity contribution in [2.75, 3.05) is 7.05 Å². The fourth-order valence-electron chi connectivity index (χ4n) is 0. The van der Waals surface area contributed by atoms with E-state index in [9.17, 15) is 4.79 Å². The quantitative estimate of drug-likeness (QED) is 0.362. The van der Waals surface area contributed by atoms with E-state index in [0.29, 0.717) is 0 Å². The van der Waals surface area contributed by atoms with Crippen molar-refractivity contribution in [2.45, 2.75) is 6.92 Å². The van der Waals surface area contributed by atoms with E-state index in [4.69, 9.17) is 15.0 Å². The summed E-state index contributed by atoms with van der Waals surface area (Å²) in [5.41, 5.74) is 0. The molecule has 0 aliphatic carbocycles. The van der Waals surface area contributed by atoms with Crippen LogP contribution >= 0.6 is 0 Å². The zero-order valence-electron chi connectivity index (χ0n) is 6.17. The average molecular weight is 173 g/mol. The molecular formula is C4H8KNO4. The topological polar surface area (TPSA) is 89.5 Å². The van der Waals surface area contributed by atoms with Crippen LogP contribution < -0.4 is 61.8 Å². The number of rotatable bonds is 0. The van der Waals surface area contributed by atoms with Gasteiger partial charge in [0.2, 0.25) is 12.1 Å². The molecule has 0 aromatic carbocycles. The smallest absolute Gasteiger partial charge is 0.565 e. The van der Waals surface area contributed by atoms with Gasteiger partial charge in [-0.25, -0.2) is 0 Å². The van der Waals surface area contributed by atoms with Gasteiger partial charge in [0.15, 0.2) is 0 Å². The maximum Gasteiger partial charge on any atom is 1.00 e. The second-order valence-electron chi connectivity index (χ2n) is 1.07. The molecular weight excluding hydrogens is 165 g/mol. The number of carbonyl (C=O) groups is 2. The van der Waals surface area contributed by atoms with Crippen molar-refractivity contribution in [3.63, 3.8) is 0 Å². The first-order chi connectivity index (χ1) is 4.00. The predicted molar refractivity (Wildman–Crippen MR) is 27.8 cm³/mol. The third-order valence-electron chi connectivity index (χ3n) is 0.352. The first kappa shape index (κ1) is 16.8. The number of hydrogen-bond donors (Lipinski definition) is 2. The van der Waals surface area contributed by atoms with Crippen LogP contribution in [0.1, 0.15) is 6.92 Å². The number of nitrogens with one attached hydrogen (secondary N) is 1. The summed E-state index contributed by atoms with van der Waals surface area (Å²) in [7, 11) is 1.60. The Morgan fingerprint density at radius 3 is 1.60 bits per heavy atom. The summed E-state index contributed by atoms with van der Waals surface area (Å²) in [5.74, 6) is 0.00463. The monoisotopic (exact) mass is 173 g/mol. The van der Waals surface area contributed by atoms with E-state index in [2.05, 4.69) is 5.32 Å². The van der Waals surface area contributed by atoms with Crippen LogP contribution in [0.2, 0.25) is 0 Å². The van der Waals surface area contributed by atoms with E-state index in [-0.39, 0.29) is 57.3 Å². The van der Waals surface area contributed by atoms with Gasteiger partial charge in [-0.15, -0.1) is 0 Å². The molecule has 1 amide bonds. The maximum absolute atomic E-state index is 9.70. The molecule has 0 heterocycles. The van der Waals surface area contributed by atoms with Crippen LogP contribution in [-0.2, 0) is 4.79 Å². The van der Waals surface area contributed by atoms with E-state index >= 15 is 0 Å². The fraction of sp³-hybridized carbons (Fsp3) is 0.500. The molecule has 0 aromatic heterocycles. The third kappa shape index (κ3) is 80.7. The van der Waals surface area contributed by atoms with Crippen molar-refractivity contribution in [3.05, 3.63) is 0 Å². The summed E-state index contributed by atoms with van der Waals surface area (Å²) in [6.45, 7) is 1.47. The molecule has 0 radical (unpaired) electrons. The summed E-state index contributed by atoms with van der Waals surface area (Å²) in [4.78, 5) is 18.1. The Morgan fingerprint density at radius 1 is 1.50 bits per heavy atom.